The Labute approximate surface area is 139 Å². The summed E-state index contributed by atoms with van der Waals surface area (Å²) >= 11 is 1.45. The molecule has 5 nitrogen and oxygen atoms in total. The lowest BCUT2D eigenvalue weighted by molar-refractivity contribution is 0.0942. The summed E-state index contributed by atoms with van der Waals surface area (Å²) in [6, 6.07) is 13.8. The molecule has 1 saturated heterocycles. The van der Waals surface area contributed by atoms with E-state index in [0.717, 1.165) is 16.1 Å². The topological polar surface area (TPSA) is 56.6 Å². The number of hydrogen-bond donors (Lipinski definition) is 0. The zero-order valence-electron chi connectivity index (χ0n) is 12.6. The van der Waals surface area contributed by atoms with E-state index in [-0.39, 0.29) is 6.09 Å². The Morgan fingerprint density at radius 3 is 2.61 bits per heavy atom. The second kappa shape index (κ2) is 7.16. The molecule has 23 heavy (non-hydrogen) atoms. The molecule has 118 valence electrons. The average Bonchev–Trinajstić information content (AvgIpc) is 3.09. The minimum absolute atomic E-state index is 0.278. The molecule has 6 heteroatoms. The van der Waals surface area contributed by atoms with Crippen molar-refractivity contribution in [3.63, 3.8) is 0 Å². The molecule has 0 saturated carbocycles. The maximum Gasteiger partial charge on any atom is 0.410 e. The Hall–Kier alpha value is -2.52. The molecule has 1 aromatic heterocycles. The summed E-state index contributed by atoms with van der Waals surface area (Å²) < 4.78 is 5.36. The smallest absolute Gasteiger partial charge is 0.410 e. The Morgan fingerprint density at radius 2 is 1.91 bits per heavy atom. The number of hydrogen-bond acceptors (Lipinski definition) is 5. The van der Waals surface area contributed by atoms with Crippen molar-refractivity contribution < 1.29 is 9.53 Å². The second-order valence-electron chi connectivity index (χ2n) is 5.26. The van der Waals surface area contributed by atoms with Gasteiger partial charge in [0.25, 0.3) is 0 Å². The van der Waals surface area contributed by atoms with E-state index in [1.807, 2.05) is 41.8 Å². The Bertz CT molecular complexity index is 700. The number of amides is 1. The number of carbonyl (C=O) groups excluding carboxylic acids is 1. The number of anilines is 1. The lowest BCUT2D eigenvalue weighted by Gasteiger charge is -2.35. The minimum atomic E-state index is -0.278. The van der Waals surface area contributed by atoms with Crippen LogP contribution in [0.25, 0.3) is 0 Å². The van der Waals surface area contributed by atoms with E-state index in [2.05, 4.69) is 11.0 Å². The summed E-state index contributed by atoms with van der Waals surface area (Å²) in [5.74, 6) is 0. The van der Waals surface area contributed by atoms with E-state index < -0.39 is 0 Å². The average molecular weight is 327 g/mol. The van der Waals surface area contributed by atoms with Gasteiger partial charge in [-0.3, -0.25) is 0 Å². The summed E-state index contributed by atoms with van der Waals surface area (Å²) in [5.41, 5.74) is 1.95. The van der Waals surface area contributed by atoms with Crippen molar-refractivity contribution in [3.8, 4) is 6.07 Å². The molecule has 0 aliphatic carbocycles. The van der Waals surface area contributed by atoms with E-state index in [1.54, 1.807) is 4.90 Å². The van der Waals surface area contributed by atoms with Gasteiger partial charge in [-0.05, 0) is 17.0 Å². The highest BCUT2D eigenvalue weighted by atomic mass is 32.1. The third-order valence-corrected chi connectivity index (χ3v) is 4.64. The molecule has 0 radical (unpaired) electrons. The highest BCUT2D eigenvalue weighted by Crippen LogP contribution is 2.26. The number of benzene rings is 1. The standard InChI is InChI=1S/C17H17N3O2S/c18-12-16-15(6-11-23-16)19-7-9-20(10-8-19)17(21)22-13-14-4-2-1-3-5-14/h1-6,11H,7-10,13H2. The number of ether oxygens (including phenoxy) is 1. The summed E-state index contributed by atoms with van der Waals surface area (Å²) in [7, 11) is 0. The zero-order chi connectivity index (χ0) is 16.1. The van der Waals surface area contributed by atoms with Crippen LogP contribution in [0.4, 0.5) is 10.5 Å². The summed E-state index contributed by atoms with van der Waals surface area (Å²) in [4.78, 5) is 16.7. The Balaban J connectivity index is 1.51. The summed E-state index contributed by atoms with van der Waals surface area (Å²) in [6.45, 7) is 2.93. The third kappa shape index (κ3) is 3.63. The van der Waals surface area contributed by atoms with Gasteiger partial charge in [0, 0.05) is 26.2 Å². The lowest BCUT2D eigenvalue weighted by Crippen LogP contribution is -2.49. The minimum Gasteiger partial charge on any atom is -0.445 e. The number of nitriles is 1. The van der Waals surface area contributed by atoms with Gasteiger partial charge in [-0.2, -0.15) is 5.26 Å². The van der Waals surface area contributed by atoms with Crippen LogP contribution >= 0.6 is 11.3 Å². The van der Waals surface area contributed by atoms with Crippen molar-refractivity contribution in [2.75, 3.05) is 31.1 Å². The van der Waals surface area contributed by atoms with Crippen LogP contribution in [0, 0.1) is 11.3 Å². The Morgan fingerprint density at radius 1 is 1.17 bits per heavy atom. The molecular weight excluding hydrogens is 310 g/mol. The first-order valence-corrected chi connectivity index (χ1v) is 8.34. The first kappa shape index (κ1) is 15.4. The molecule has 3 rings (SSSR count). The number of piperazine rings is 1. The number of rotatable bonds is 3. The van der Waals surface area contributed by atoms with Crippen molar-refractivity contribution in [2.24, 2.45) is 0 Å². The van der Waals surface area contributed by atoms with Gasteiger partial charge in [-0.25, -0.2) is 4.79 Å². The predicted molar refractivity (Wildman–Crippen MR) is 89.4 cm³/mol. The van der Waals surface area contributed by atoms with E-state index in [9.17, 15) is 4.79 Å². The van der Waals surface area contributed by atoms with E-state index in [1.165, 1.54) is 11.3 Å². The normalized spacial score (nSPS) is 14.4. The number of carbonyl (C=O) groups is 1. The van der Waals surface area contributed by atoms with Crippen LogP contribution < -0.4 is 4.90 Å². The van der Waals surface area contributed by atoms with E-state index in [0.29, 0.717) is 32.8 Å². The fourth-order valence-corrected chi connectivity index (χ4v) is 3.28. The van der Waals surface area contributed by atoms with Gasteiger partial charge in [0.1, 0.15) is 17.6 Å². The highest BCUT2D eigenvalue weighted by molar-refractivity contribution is 7.11. The molecule has 0 unspecified atom stereocenters. The van der Waals surface area contributed by atoms with Crippen LogP contribution in [0.5, 0.6) is 0 Å². The first-order chi connectivity index (χ1) is 11.3. The van der Waals surface area contributed by atoms with Crippen LogP contribution in [0.15, 0.2) is 41.8 Å². The largest absolute Gasteiger partial charge is 0.445 e. The van der Waals surface area contributed by atoms with Gasteiger partial charge >= 0.3 is 6.09 Å². The first-order valence-electron chi connectivity index (χ1n) is 7.46. The van der Waals surface area contributed by atoms with Crippen LogP contribution in [0.2, 0.25) is 0 Å². The molecule has 1 aliphatic heterocycles. The summed E-state index contributed by atoms with van der Waals surface area (Å²) in [6.07, 6.45) is -0.278. The van der Waals surface area contributed by atoms with Crippen molar-refractivity contribution in [1.82, 2.24) is 4.90 Å². The third-order valence-electron chi connectivity index (χ3n) is 3.83. The molecule has 2 aromatic rings. The quantitative estimate of drug-likeness (QED) is 0.869. The molecule has 1 aliphatic rings. The maximum absolute atomic E-state index is 12.1. The molecule has 0 atom stereocenters. The van der Waals surface area contributed by atoms with Crippen LogP contribution in [-0.2, 0) is 11.3 Å². The maximum atomic E-state index is 12.1. The van der Waals surface area contributed by atoms with Gasteiger partial charge in [-0.1, -0.05) is 30.3 Å². The second-order valence-corrected chi connectivity index (χ2v) is 6.18. The van der Waals surface area contributed by atoms with Crippen molar-refractivity contribution >= 4 is 23.1 Å². The Kier molecular flexibility index (Phi) is 4.79. The van der Waals surface area contributed by atoms with Crippen molar-refractivity contribution in [2.45, 2.75) is 6.61 Å². The number of nitrogens with zero attached hydrogens (tertiary/aromatic N) is 3. The van der Waals surface area contributed by atoms with Crippen LogP contribution in [0.3, 0.4) is 0 Å². The fraction of sp³-hybridized carbons (Fsp3) is 0.294. The van der Waals surface area contributed by atoms with Crippen molar-refractivity contribution in [3.05, 3.63) is 52.2 Å². The molecule has 0 bridgehead atoms. The predicted octanol–water partition coefficient (Wildman–Crippen LogP) is 3.08. The van der Waals surface area contributed by atoms with Gasteiger partial charge in [0.15, 0.2) is 0 Å². The zero-order valence-corrected chi connectivity index (χ0v) is 13.5. The molecule has 0 spiro atoms. The molecule has 1 fully saturated rings. The lowest BCUT2D eigenvalue weighted by atomic mass is 10.2. The van der Waals surface area contributed by atoms with Gasteiger partial charge in [0.2, 0.25) is 0 Å². The summed E-state index contributed by atoms with van der Waals surface area (Å²) in [5, 5.41) is 11.0. The van der Waals surface area contributed by atoms with Gasteiger partial charge in [-0.15, -0.1) is 11.3 Å². The fourth-order valence-electron chi connectivity index (χ4n) is 2.58. The monoisotopic (exact) mass is 327 g/mol. The van der Waals surface area contributed by atoms with Crippen molar-refractivity contribution in [1.29, 1.82) is 5.26 Å². The van der Waals surface area contributed by atoms with Gasteiger partial charge < -0.3 is 14.5 Å². The number of thiophene rings is 1. The SMILES string of the molecule is N#Cc1sccc1N1CCN(C(=O)OCc2ccccc2)CC1. The van der Waals surface area contributed by atoms with Crippen LogP contribution in [0.1, 0.15) is 10.4 Å². The highest BCUT2D eigenvalue weighted by Gasteiger charge is 2.24. The molecule has 2 heterocycles. The van der Waals surface area contributed by atoms with E-state index in [4.69, 9.17) is 10.00 Å². The molecule has 1 amide bonds. The molecule has 0 N–H and O–H groups in total. The van der Waals surface area contributed by atoms with Gasteiger partial charge in [0.05, 0.1) is 5.69 Å². The molecular formula is C17H17N3O2S. The van der Waals surface area contributed by atoms with Crippen LogP contribution in [-0.4, -0.2) is 37.2 Å². The van der Waals surface area contributed by atoms with E-state index >= 15 is 0 Å². The molecule has 1 aromatic carbocycles.